The van der Waals surface area contributed by atoms with Crippen molar-refractivity contribution in [2.75, 3.05) is 4.81 Å². The first-order chi connectivity index (χ1) is 27.3. The molecule has 2 aliphatic heterocycles. The molecule has 1 aliphatic carbocycles. The van der Waals surface area contributed by atoms with Crippen molar-refractivity contribution < 1.29 is 0 Å². The topological polar surface area (TPSA) is 8.17 Å². The minimum atomic E-state index is -0.111. The summed E-state index contributed by atoms with van der Waals surface area (Å²) >= 11 is 1.91. The highest BCUT2D eigenvalue weighted by Gasteiger charge is 2.46. The third-order valence-corrected chi connectivity index (χ3v) is 14.8. The summed E-state index contributed by atoms with van der Waals surface area (Å²) in [5.41, 5.74) is 20.1. The molecule has 9 aromatic rings. The van der Waals surface area contributed by atoms with E-state index < -0.39 is 0 Å². The summed E-state index contributed by atoms with van der Waals surface area (Å²) in [5, 5.41) is 5.35. The molecule has 0 radical (unpaired) electrons. The third kappa shape index (κ3) is 4.37. The molecule has 12 rings (SSSR count). The molecular weight excluding hydrogens is 707 g/mol. The van der Waals surface area contributed by atoms with Gasteiger partial charge in [0.15, 0.2) is 0 Å². The van der Waals surface area contributed by atoms with Crippen LogP contribution in [0.4, 0.5) is 11.4 Å². The molecule has 4 heteroatoms. The molecule has 0 N–H and O–H groups in total. The van der Waals surface area contributed by atoms with Crippen LogP contribution in [0, 0.1) is 0 Å². The Morgan fingerprint density at radius 3 is 2.05 bits per heavy atom. The van der Waals surface area contributed by atoms with Gasteiger partial charge >= 0.3 is 6.85 Å². The third-order valence-electron chi connectivity index (χ3n) is 13.7. The van der Waals surface area contributed by atoms with Crippen LogP contribution in [0.2, 0.25) is 0 Å². The van der Waals surface area contributed by atoms with Crippen molar-refractivity contribution in [1.82, 2.24) is 4.57 Å². The summed E-state index contributed by atoms with van der Waals surface area (Å²) in [6, 6.07) is 49.8. The maximum atomic E-state index is 2.71. The first-order valence-corrected chi connectivity index (χ1v) is 21.4. The smallest absolute Gasteiger partial charge is 0.333 e. The second-order valence-corrected chi connectivity index (χ2v) is 20.5. The predicted molar refractivity (Wildman–Crippen MR) is 248 cm³/mol. The van der Waals surface area contributed by atoms with E-state index in [4.69, 9.17) is 0 Å². The quantitative estimate of drug-likeness (QED) is 0.152. The van der Waals surface area contributed by atoms with Crippen LogP contribution in [0.25, 0.3) is 69.9 Å². The number of thiophene rings is 1. The van der Waals surface area contributed by atoms with Crippen LogP contribution in [0.1, 0.15) is 77.6 Å². The highest BCUT2D eigenvalue weighted by atomic mass is 32.1. The Balaban J connectivity index is 1.24. The highest BCUT2D eigenvalue weighted by molar-refractivity contribution is 7.25. The highest BCUT2D eigenvalue weighted by Crippen LogP contribution is 2.54. The number of anilines is 2. The van der Waals surface area contributed by atoms with E-state index in [9.17, 15) is 0 Å². The molecule has 3 aliphatic rings. The van der Waals surface area contributed by atoms with Crippen molar-refractivity contribution in [3.63, 3.8) is 0 Å². The number of nitrogens with zero attached hydrogens (tertiary/aromatic N) is 2. The number of hydrogen-bond donors (Lipinski definition) is 0. The minimum absolute atomic E-state index is 0.00543. The average molecular weight is 753 g/mol. The summed E-state index contributed by atoms with van der Waals surface area (Å²) in [6.45, 7) is 18.8. The lowest BCUT2D eigenvalue weighted by molar-refractivity contribution is 0.590. The summed E-state index contributed by atoms with van der Waals surface area (Å²) in [4.78, 5) is 2.71. The van der Waals surface area contributed by atoms with Crippen molar-refractivity contribution in [3.8, 4) is 27.9 Å². The molecule has 0 bridgehead atoms. The predicted octanol–water partition coefficient (Wildman–Crippen LogP) is 13.3. The van der Waals surface area contributed by atoms with Crippen molar-refractivity contribution in [1.29, 1.82) is 0 Å². The molecule has 4 heterocycles. The molecule has 0 atom stereocenters. The van der Waals surface area contributed by atoms with E-state index in [1.807, 2.05) is 11.3 Å². The molecule has 0 amide bonds. The van der Waals surface area contributed by atoms with Gasteiger partial charge in [-0.2, -0.15) is 0 Å². The molecule has 2 aromatic heterocycles. The average Bonchev–Trinajstić information content (AvgIpc) is 3.80. The lowest BCUT2D eigenvalue weighted by Gasteiger charge is -2.43. The summed E-state index contributed by atoms with van der Waals surface area (Å²) < 4.78 is 5.32. The fourth-order valence-electron chi connectivity index (χ4n) is 10.7. The van der Waals surface area contributed by atoms with E-state index >= 15 is 0 Å². The molecule has 7 aromatic carbocycles. The van der Waals surface area contributed by atoms with Crippen LogP contribution in [-0.4, -0.2) is 11.4 Å². The monoisotopic (exact) mass is 752 g/mol. The number of aromatic nitrogens is 1. The zero-order chi connectivity index (χ0) is 38.9. The zero-order valence-corrected chi connectivity index (χ0v) is 34.8. The Hall–Kier alpha value is -5.58. The fraction of sp³-hybridized carbons (Fsp3) is 0.208. The zero-order valence-electron chi connectivity index (χ0n) is 34.0. The van der Waals surface area contributed by atoms with Crippen molar-refractivity contribution in [2.45, 2.75) is 71.6 Å². The van der Waals surface area contributed by atoms with E-state index in [1.54, 1.807) is 0 Å². The van der Waals surface area contributed by atoms with Crippen molar-refractivity contribution >= 4 is 82.5 Å². The van der Waals surface area contributed by atoms with Gasteiger partial charge in [-0.25, -0.2) is 0 Å². The number of rotatable bonds is 1. The molecule has 0 saturated heterocycles. The van der Waals surface area contributed by atoms with Crippen LogP contribution in [0.15, 0.2) is 127 Å². The van der Waals surface area contributed by atoms with Gasteiger partial charge in [0.05, 0.1) is 11.0 Å². The van der Waals surface area contributed by atoms with Gasteiger partial charge in [-0.15, -0.1) is 11.3 Å². The molecule has 0 spiro atoms. The van der Waals surface area contributed by atoms with E-state index in [1.165, 1.54) is 114 Å². The van der Waals surface area contributed by atoms with Gasteiger partial charge in [-0.05, 0) is 109 Å². The summed E-state index contributed by atoms with van der Waals surface area (Å²) in [6.07, 6.45) is 0. The Labute approximate surface area is 339 Å². The van der Waals surface area contributed by atoms with E-state index in [0.717, 1.165) is 0 Å². The molecule has 0 fully saturated rings. The normalized spacial score (nSPS) is 15.1. The lowest BCUT2D eigenvalue weighted by atomic mass is 9.43. The first kappa shape index (κ1) is 33.6. The van der Waals surface area contributed by atoms with E-state index in [0.29, 0.717) is 0 Å². The van der Waals surface area contributed by atoms with Crippen LogP contribution < -0.4 is 15.7 Å². The van der Waals surface area contributed by atoms with Gasteiger partial charge in [0.1, 0.15) is 0 Å². The molecular formula is C53H45BN2S. The molecule has 0 unspecified atom stereocenters. The molecule has 276 valence electrons. The van der Waals surface area contributed by atoms with Crippen molar-refractivity contribution in [3.05, 3.63) is 150 Å². The Morgan fingerprint density at radius 2 is 1.26 bits per heavy atom. The SMILES string of the molecule is CC(C)(C)c1ccc(N2B3c4cc(C(C)(C)C)ccc4-n4c5cc6sc7ccccc7c6cc5c5ccc(c3c54)-c3cc4c(cc32)C(C)(C)c2ccccc2-4)cc1. The fourth-order valence-corrected chi connectivity index (χ4v) is 11.8. The minimum Gasteiger partial charge on any atom is -0.376 e. The Kier molecular flexibility index (Phi) is 6.40. The van der Waals surface area contributed by atoms with Gasteiger partial charge in [-0.3, -0.25) is 0 Å². The van der Waals surface area contributed by atoms with Crippen LogP contribution in [0.5, 0.6) is 0 Å². The van der Waals surface area contributed by atoms with Crippen molar-refractivity contribution in [2.24, 2.45) is 0 Å². The Morgan fingerprint density at radius 1 is 0.526 bits per heavy atom. The van der Waals surface area contributed by atoms with Gasteiger partial charge in [-0.1, -0.05) is 134 Å². The van der Waals surface area contributed by atoms with E-state index in [2.05, 4.69) is 192 Å². The van der Waals surface area contributed by atoms with Gasteiger partial charge < -0.3 is 9.38 Å². The van der Waals surface area contributed by atoms with Gasteiger partial charge in [0, 0.05) is 59.0 Å². The second kappa shape index (κ2) is 10.9. The van der Waals surface area contributed by atoms with Gasteiger partial charge in [0.2, 0.25) is 0 Å². The Bertz CT molecular complexity index is 3230. The first-order valence-electron chi connectivity index (χ1n) is 20.5. The van der Waals surface area contributed by atoms with Gasteiger partial charge in [0.25, 0.3) is 0 Å². The van der Waals surface area contributed by atoms with Crippen LogP contribution in [-0.2, 0) is 16.2 Å². The molecule has 0 saturated carbocycles. The van der Waals surface area contributed by atoms with Crippen LogP contribution in [0.3, 0.4) is 0 Å². The van der Waals surface area contributed by atoms with Crippen LogP contribution >= 0.6 is 11.3 Å². The standard InChI is InChI=1S/C53H45BN2S/c1-51(2,3)30-17-20-32(21-18-30)56-46-28-42-37(33-13-9-11-15-41(33)53(42,7)8)26-38(46)35-22-23-36-39-27-40-34-14-10-12-16-47(34)57-48(40)29-45(39)55-44-24-19-31(52(4,5)6)25-43(44)54(56)49(35)50(36)55/h9-29H,1-8H3. The maximum absolute atomic E-state index is 2.71. The largest absolute Gasteiger partial charge is 0.376 e. The maximum Gasteiger partial charge on any atom is 0.333 e. The number of hydrogen-bond acceptors (Lipinski definition) is 2. The number of benzene rings is 7. The lowest BCUT2D eigenvalue weighted by Crippen LogP contribution is -2.60. The molecule has 2 nitrogen and oxygen atoms in total. The summed E-state index contributed by atoms with van der Waals surface area (Å²) in [5.74, 6) is 0. The summed E-state index contributed by atoms with van der Waals surface area (Å²) in [7, 11) is 0. The van der Waals surface area contributed by atoms with E-state index in [-0.39, 0.29) is 23.1 Å². The number of fused-ring (bicyclic) bond motifs is 14. The molecule has 57 heavy (non-hydrogen) atoms. The second-order valence-electron chi connectivity index (χ2n) is 19.4.